The first kappa shape index (κ1) is 20.9. The van der Waals surface area contributed by atoms with Crippen LogP contribution in [-0.4, -0.2) is 62.7 Å². The molecule has 2 aliphatic heterocycles. The molecule has 2 fully saturated rings. The molecular formula is C23H28N2O4S. The van der Waals surface area contributed by atoms with Gasteiger partial charge in [0.2, 0.25) is 0 Å². The van der Waals surface area contributed by atoms with Crippen molar-refractivity contribution in [2.24, 2.45) is 0 Å². The first-order valence-electron chi connectivity index (χ1n) is 10.3. The minimum absolute atomic E-state index is 0.0922. The maximum atomic E-state index is 12.3. The number of hydrogen-bond acceptors (Lipinski definition) is 6. The highest BCUT2D eigenvalue weighted by Gasteiger charge is 2.34. The molecule has 0 aromatic heterocycles. The third-order valence-electron chi connectivity index (χ3n) is 5.62. The largest absolute Gasteiger partial charge is 0.497 e. The van der Waals surface area contributed by atoms with E-state index in [1.165, 1.54) is 4.90 Å². The number of rotatable bonds is 7. The Bertz CT molecular complexity index is 835. The molecule has 0 bridgehead atoms. The number of likely N-dealkylation sites (tertiary alicyclic amines) is 1. The van der Waals surface area contributed by atoms with Gasteiger partial charge in [0.1, 0.15) is 17.6 Å². The lowest BCUT2D eigenvalue weighted by molar-refractivity contribution is 0.101. The third kappa shape index (κ3) is 5.02. The number of thioether (sulfide) groups is 1. The zero-order valence-corrected chi connectivity index (χ0v) is 18.3. The number of anilines is 1. The van der Waals surface area contributed by atoms with Crippen molar-refractivity contribution in [2.45, 2.75) is 29.1 Å². The quantitative estimate of drug-likeness (QED) is 0.656. The lowest BCUT2D eigenvalue weighted by Gasteiger charge is -2.32. The van der Waals surface area contributed by atoms with Crippen LogP contribution in [0.15, 0.2) is 53.4 Å². The average Bonchev–Trinajstić information content (AvgIpc) is 3.15. The number of hydrogen-bond donors (Lipinski definition) is 0. The van der Waals surface area contributed by atoms with Crippen molar-refractivity contribution in [3.63, 3.8) is 0 Å². The van der Waals surface area contributed by atoms with Crippen LogP contribution >= 0.6 is 11.8 Å². The van der Waals surface area contributed by atoms with Crippen molar-refractivity contribution in [1.82, 2.24) is 4.90 Å². The zero-order valence-electron chi connectivity index (χ0n) is 17.5. The van der Waals surface area contributed by atoms with Crippen LogP contribution < -0.4 is 14.4 Å². The highest BCUT2D eigenvalue weighted by molar-refractivity contribution is 8.00. The van der Waals surface area contributed by atoms with Gasteiger partial charge in [-0.1, -0.05) is 0 Å². The van der Waals surface area contributed by atoms with Crippen LogP contribution in [0.25, 0.3) is 0 Å². The summed E-state index contributed by atoms with van der Waals surface area (Å²) in [4.78, 5) is 17.7. The predicted molar refractivity (Wildman–Crippen MR) is 119 cm³/mol. The molecule has 2 saturated heterocycles. The van der Waals surface area contributed by atoms with Gasteiger partial charge in [-0.15, -0.1) is 11.8 Å². The molecular weight excluding hydrogens is 400 g/mol. The fraction of sp³-hybridized carbons (Fsp3) is 0.435. The van der Waals surface area contributed by atoms with Crippen molar-refractivity contribution >= 4 is 23.5 Å². The van der Waals surface area contributed by atoms with Gasteiger partial charge >= 0.3 is 6.09 Å². The molecule has 2 heterocycles. The molecule has 2 aromatic carbocycles. The van der Waals surface area contributed by atoms with Gasteiger partial charge in [0.15, 0.2) is 0 Å². The van der Waals surface area contributed by atoms with Crippen molar-refractivity contribution in [3.05, 3.63) is 48.5 Å². The normalized spacial score (nSPS) is 20.3. The second kappa shape index (κ2) is 9.62. The summed E-state index contributed by atoms with van der Waals surface area (Å²) >= 11 is 1.94. The van der Waals surface area contributed by atoms with Gasteiger partial charge in [0, 0.05) is 22.4 Å². The van der Waals surface area contributed by atoms with E-state index in [1.54, 1.807) is 19.1 Å². The molecule has 0 saturated carbocycles. The summed E-state index contributed by atoms with van der Waals surface area (Å²) < 4.78 is 16.0. The van der Waals surface area contributed by atoms with E-state index in [1.807, 2.05) is 48.2 Å². The van der Waals surface area contributed by atoms with Crippen molar-refractivity contribution in [3.8, 4) is 11.5 Å². The van der Waals surface area contributed by atoms with Crippen LogP contribution in [0.5, 0.6) is 11.5 Å². The lowest BCUT2D eigenvalue weighted by atomic mass is 10.1. The number of cyclic esters (lactones) is 1. The second-order valence-electron chi connectivity index (χ2n) is 7.61. The number of carbonyl (C=O) groups excluding carboxylic acids is 1. The molecule has 7 heteroatoms. The van der Waals surface area contributed by atoms with Gasteiger partial charge in [-0.2, -0.15) is 0 Å². The molecule has 0 spiro atoms. The molecule has 160 valence electrons. The Labute approximate surface area is 182 Å². The Morgan fingerprint density at radius 2 is 1.57 bits per heavy atom. The molecule has 30 heavy (non-hydrogen) atoms. The van der Waals surface area contributed by atoms with Crippen LogP contribution in [0, 0.1) is 0 Å². The van der Waals surface area contributed by atoms with Gasteiger partial charge in [-0.3, -0.25) is 9.80 Å². The number of carbonyl (C=O) groups is 1. The molecule has 2 aromatic rings. The molecule has 0 radical (unpaired) electrons. The Morgan fingerprint density at radius 3 is 2.17 bits per heavy atom. The third-order valence-corrected chi connectivity index (χ3v) is 6.97. The van der Waals surface area contributed by atoms with Crippen molar-refractivity contribution < 1.29 is 19.0 Å². The summed E-state index contributed by atoms with van der Waals surface area (Å²) in [6, 6.07) is 15.8. The van der Waals surface area contributed by atoms with E-state index in [2.05, 4.69) is 17.0 Å². The van der Waals surface area contributed by atoms with E-state index in [9.17, 15) is 4.79 Å². The maximum Gasteiger partial charge on any atom is 0.414 e. The van der Waals surface area contributed by atoms with E-state index in [0.29, 0.717) is 11.8 Å². The van der Waals surface area contributed by atoms with E-state index in [0.717, 1.165) is 49.7 Å². The number of nitrogens with zero attached hydrogens (tertiary/aromatic N) is 2. The monoisotopic (exact) mass is 428 g/mol. The number of amides is 1. The summed E-state index contributed by atoms with van der Waals surface area (Å²) in [7, 11) is 3.32. The lowest BCUT2D eigenvalue weighted by Crippen LogP contribution is -2.40. The van der Waals surface area contributed by atoms with E-state index in [4.69, 9.17) is 14.2 Å². The van der Waals surface area contributed by atoms with Crippen LogP contribution in [0.2, 0.25) is 0 Å². The first-order chi connectivity index (χ1) is 14.6. The topological polar surface area (TPSA) is 51.2 Å². The molecule has 4 rings (SSSR count). The summed E-state index contributed by atoms with van der Waals surface area (Å²) in [5, 5.41) is 0.622. The Hall–Kier alpha value is -2.38. The van der Waals surface area contributed by atoms with Crippen LogP contribution in [0.1, 0.15) is 12.8 Å². The highest BCUT2D eigenvalue weighted by Crippen LogP contribution is 2.32. The fourth-order valence-corrected chi connectivity index (χ4v) is 5.06. The smallest absolute Gasteiger partial charge is 0.414 e. The zero-order chi connectivity index (χ0) is 20.9. The summed E-state index contributed by atoms with van der Waals surface area (Å²) in [5.41, 5.74) is 0.845. The number of piperidine rings is 1. The van der Waals surface area contributed by atoms with Crippen LogP contribution in [0.4, 0.5) is 10.5 Å². The Kier molecular flexibility index (Phi) is 6.69. The maximum absolute atomic E-state index is 12.3. The summed E-state index contributed by atoms with van der Waals surface area (Å²) in [6.07, 6.45) is 1.92. The molecule has 0 N–H and O–H groups in total. The van der Waals surface area contributed by atoms with E-state index >= 15 is 0 Å². The predicted octanol–water partition coefficient (Wildman–Crippen LogP) is 4.29. The number of ether oxygens (including phenoxy) is 3. The number of benzene rings is 2. The van der Waals surface area contributed by atoms with Crippen LogP contribution in [-0.2, 0) is 4.74 Å². The Balaban J connectivity index is 1.24. The SMILES string of the molecule is COc1ccc(SC2CCN(CC3CN(c4ccc(OC)cc4)C(=O)O3)CC2)cc1. The number of methoxy groups -OCH3 is 2. The second-order valence-corrected chi connectivity index (χ2v) is 8.98. The summed E-state index contributed by atoms with van der Waals surface area (Å²) in [5.74, 6) is 1.67. The molecule has 1 atom stereocenters. The Morgan fingerprint density at radius 1 is 0.967 bits per heavy atom. The van der Waals surface area contributed by atoms with Crippen LogP contribution in [0.3, 0.4) is 0 Å². The minimum Gasteiger partial charge on any atom is -0.497 e. The minimum atomic E-state index is -0.268. The standard InChI is InChI=1S/C23H28N2O4S/c1-27-18-5-3-17(4-6-18)25-16-20(29-23(25)26)15-24-13-11-22(12-14-24)30-21-9-7-19(28-2)8-10-21/h3-10,20,22H,11-16H2,1-2H3. The molecule has 1 unspecified atom stereocenters. The van der Waals surface area contributed by atoms with Gasteiger partial charge in [0.25, 0.3) is 0 Å². The molecule has 2 aliphatic rings. The molecule has 0 aliphatic carbocycles. The van der Waals surface area contributed by atoms with Gasteiger partial charge in [-0.25, -0.2) is 4.79 Å². The van der Waals surface area contributed by atoms with E-state index < -0.39 is 0 Å². The molecule has 6 nitrogen and oxygen atoms in total. The highest BCUT2D eigenvalue weighted by atomic mass is 32.2. The van der Waals surface area contributed by atoms with Crippen molar-refractivity contribution in [2.75, 3.05) is 45.3 Å². The van der Waals surface area contributed by atoms with Gasteiger partial charge < -0.3 is 14.2 Å². The molecule has 1 amide bonds. The van der Waals surface area contributed by atoms with Crippen molar-refractivity contribution in [1.29, 1.82) is 0 Å². The van der Waals surface area contributed by atoms with E-state index in [-0.39, 0.29) is 12.2 Å². The average molecular weight is 429 g/mol. The summed E-state index contributed by atoms with van der Waals surface area (Å²) in [6.45, 7) is 3.44. The first-order valence-corrected chi connectivity index (χ1v) is 11.2. The van der Waals surface area contributed by atoms with Gasteiger partial charge in [-0.05, 0) is 74.5 Å². The fourth-order valence-electron chi connectivity index (χ4n) is 3.93. The van der Waals surface area contributed by atoms with Gasteiger partial charge in [0.05, 0.1) is 20.8 Å².